The second-order valence-electron chi connectivity index (χ2n) is 6.86. The van der Waals surface area contributed by atoms with Crippen molar-refractivity contribution in [2.24, 2.45) is 0 Å². The van der Waals surface area contributed by atoms with E-state index in [9.17, 15) is 9.18 Å². The number of hydrogen-bond donors (Lipinski definition) is 3. The van der Waals surface area contributed by atoms with Gasteiger partial charge in [0.15, 0.2) is 0 Å². The first-order chi connectivity index (χ1) is 14.6. The van der Waals surface area contributed by atoms with Crippen molar-refractivity contribution in [1.82, 2.24) is 30.5 Å². The summed E-state index contributed by atoms with van der Waals surface area (Å²) in [6.45, 7) is 4.72. The molecule has 3 aromatic rings. The fourth-order valence-electron chi connectivity index (χ4n) is 3.23. The molecule has 0 bridgehead atoms. The molecule has 4 rings (SSSR count). The number of thiazole rings is 1. The lowest BCUT2D eigenvalue weighted by Crippen LogP contribution is -2.43. The molecule has 1 aromatic carbocycles. The Bertz CT molecular complexity index is 1060. The number of nitrogens with zero attached hydrogens (tertiary/aromatic N) is 3. The minimum Gasteiger partial charge on any atom is -0.340 e. The predicted octanol–water partition coefficient (Wildman–Crippen LogP) is 2.11. The Morgan fingerprint density at radius 1 is 1.30 bits per heavy atom. The number of hydrogen-bond acceptors (Lipinski definition) is 6. The summed E-state index contributed by atoms with van der Waals surface area (Å²) in [6, 6.07) is 5.99. The van der Waals surface area contributed by atoms with Crippen LogP contribution in [-0.2, 0) is 6.54 Å². The Balaban J connectivity index is 1.62. The zero-order valence-corrected chi connectivity index (χ0v) is 17.1. The smallest absolute Gasteiger partial charge is 0.272 e. The number of imidazole rings is 1. The zero-order chi connectivity index (χ0) is 20.9. The van der Waals surface area contributed by atoms with Gasteiger partial charge >= 0.3 is 0 Å². The van der Waals surface area contributed by atoms with Crippen LogP contribution in [0, 0.1) is 18.2 Å². The lowest BCUT2D eigenvalue weighted by atomic mass is 10.1. The topological polar surface area (TPSA) is 85.9 Å². The fraction of sp³-hybridized carbons (Fsp3) is 0.286. The van der Waals surface area contributed by atoms with Crippen LogP contribution in [0.25, 0.3) is 21.1 Å². The normalized spacial score (nSPS) is 14.4. The minimum atomic E-state index is -0.365. The monoisotopic (exact) mass is 424 g/mol. The number of benzene rings is 1. The van der Waals surface area contributed by atoms with E-state index in [1.165, 1.54) is 23.5 Å². The number of carbonyl (C=O) groups excluding carboxylic acids is 1. The standard InChI is InChI=1S/C21H21FN6OS/c1-2-7-24-20(29)18-19(14-3-5-15(22)6-4-14)30-21(27-18)16-12-25-17(26-16)13-28-10-8-23-9-11-28/h1,3-6,12,23H,7-11,13H2,(H,24,29)(H,25,26). The summed E-state index contributed by atoms with van der Waals surface area (Å²) in [4.78, 5) is 27.9. The van der Waals surface area contributed by atoms with Crippen LogP contribution in [0.2, 0.25) is 0 Å². The third-order valence-electron chi connectivity index (χ3n) is 4.74. The molecule has 1 saturated heterocycles. The van der Waals surface area contributed by atoms with E-state index in [1.807, 2.05) is 0 Å². The molecular weight excluding hydrogens is 403 g/mol. The molecule has 154 valence electrons. The highest BCUT2D eigenvalue weighted by Crippen LogP contribution is 2.35. The summed E-state index contributed by atoms with van der Waals surface area (Å²) >= 11 is 1.35. The van der Waals surface area contributed by atoms with Crippen molar-refractivity contribution in [3.05, 3.63) is 47.8 Å². The van der Waals surface area contributed by atoms with Gasteiger partial charge in [0, 0.05) is 26.2 Å². The molecule has 0 aliphatic carbocycles. The maximum absolute atomic E-state index is 13.4. The van der Waals surface area contributed by atoms with Gasteiger partial charge in [0.2, 0.25) is 0 Å². The van der Waals surface area contributed by atoms with Crippen LogP contribution < -0.4 is 10.6 Å². The van der Waals surface area contributed by atoms with Crippen LogP contribution in [0.5, 0.6) is 0 Å². The zero-order valence-electron chi connectivity index (χ0n) is 16.2. The van der Waals surface area contributed by atoms with E-state index in [2.05, 4.69) is 36.4 Å². The average molecular weight is 425 g/mol. The Morgan fingerprint density at radius 2 is 2.07 bits per heavy atom. The highest BCUT2D eigenvalue weighted by Gasteiger charge is 2.21. The highest BCUT2D eigenvalue weighted by atomic mass is 32.1. The molecule has 1 aliphatic rings. The number of aromatic amines is 1. The van der Waals surface area contributed by atoms with Crippen molar-refractivity contribution in [2.75, 3.05) is 32.7 Å². The van der Waals surface area contributed by atoms with Gasteiger partial charge in [0.25, 0.3) is 5.91 Å². The summed E-state index contributed by atoms with van der Waals surface area (Å²) in [6.07, 6.45) is 6.98. The molecule has 2 aromatic heterocycles. The summed E-state index contributed by atoms with van der Waals surface area (Å²) in [5.41, 5.74) is 1.71. The molecule has 3 heterocycles. The van der Waals surface area contributed by atoms with E-state index in [4.69, 9.17) is 6.42 Å². The third kappa shape index (κ3) is 4.57. The third-order valence-corrected chi connectivity index (χ3v) is 5.88. The second-order valence-corrected chi connectivity index (χ2v) is 7.86. The summed E-state index contributed by atoms with van der Waals surface area (Å²) < 4.78 is 13.4. The van der Waals surface area contributed by atoms with Crippen molar-refractivity contribution >= 4 is 17.2 Å². The molecule has 9 heteroatoms. The van der Waals surface area contributed by atoms with E-state index < -0.39 is 0 Å². The van der Waals surface area contributed by atoms with Crippen molar-refractivity contribution in [3.8, 4) is 33.5 Å². The number of nitrogens with one attached hydrogen (secondary N) is 3. The van der Waals surface area contributed by atoms with Crippen LogP contribution >= 0.6 is 11.3 Å². The molecule has 0 saturated carbocycles. The first kappa shape index (κ1) is 20.2. The van der Waals surface area contributed by atoms with Gasteiger partial charge in [-0.05, 0) is 17.7 Å². The molecule has 0 atom stereocenters. The van der Waals surface area contributed by atoms with Crippen LogP contribution in [0.3, 0.4) is 0 Å². The van der Waals surface area contributed by atoms with Gasteiger partial charge in [-0.25, -0.2) is 14.4 Å². The first-order valence-electron chi connectivity index (χ1n) is 9.60. The van der Waals surface area contributed by atoms with Gasteiger partial charge in [-0.15, -0.1) is 17.8 Å². The van der Waals surface area contributed by atoms with Gasteiger partial charge in [-0.1, -0.05) is 18.1 Å². The summed E-state index contributed by atoms with van der Waals surface area (Å²) in [7, 11) is 0. The van der Waals surface area contributed by atoms with Gasteiger partial charge < -0.3 is 15.6 Å². The molecule has 7 nitrogen and oxygen atoms in total. The molecule has 1 fully saturated rings. The minimum absolute atomic E-state index is 0.105. The second kappa shape index (κ2) is 9.17. The van der Waals surface area contributed by atoms with Gasteiger partial charge in [-0.2, -0.15) is 0 Å². The number of rotatable bonds is 6. The van der Waals surface area contributed by atoms with E-state index in [-0.39, 0.29) is 24.0 Å². The molecule has 30 heavy (non-hydrogen) atoms. The molecule has 0 unspecified atom stereocenters. The molecule has 1 aliphatic heterocycles. The van der Waals surface area contributed by atoms with Crippen molar-refractivity contribution in [3.63, 3.8) is 0 Å². The predicted molar refractivity (Wildman–Crippen MR) is 114 cm³/mol. The van der Waals surface area contributed by atoms with Crippen molar-refractivity contribution in [2.45, 2.75) is 6.54 Å². The first-order valence-corrected chi connectivity index (χ1v) is 10.4. The maximum atomic E-state index is 13.4. The largest absolute Gasteiger partial charge is 0.340 e. The highest BCUT2D eigenvalue weighted by molar-refractivity contribution is 7.18. The number of aromatic nitrogens is 3. The Hall–Kier alpha value is -3.06. The number of piperazine rings is 1. The maximum Gasteiger partial charge on any atom is 0.272 e. The summed E-state index contributed by atoms with van der Waals surface area (Å²) in [5.74, 6) is 2.53. The Labute approximate surface area is 177 Å². The molecule has 0 spiro atoms. The van der Waals surface area contributed by atoms with E-state index in [1.54, 1.807) is 18.3 Å². The van der Waals surface area contributed by atoms with Crippen LogP contribution in [0.1, 0.15) is 16.3 Å². The number of carbonyl (C=O) groups is 1. The Morgan fingerprint density at radius 3 is 2.80 bits per heavy atom. The lowest BCUT2D eigenvalue weighted by molar-refractivity contribution is 0.0955. The average Bonchev–Trinajstić information content (AvgIpc) is 3.41. The number of halogens is 1. The van der Waals surface area contributed by atoms with Crippen molar-refractivity contribution in [1.29, 1.82) is 0 Å². The van der Waals surface area contributed by atoms with Crippen LogP contribution in [-0.4, -0.2) is 58.5 Å². The molecule has 0 radical (unpaired) electrons. The Kier molecular flexibility index (Phi) is 6.18. The SMILES string of the molecule is C#CCNC(=O)c1nc(-c2cnc(CN3CCNCC3)[nH]2)sc1-c1ccc(F)cc1. The quantitative estimate of drug-likeness (QED) is 0.528. The lowest BCUT2D eigenvalue weighted by Gasteiger charge is -2.26. The van der Waals surface area contributed by atoms with Gasteiger partial charge in [0.05, 0.1) is 29.9 Å². The van der Waals surface area contributed by atoms with Gasteiger partial charge in [-0.3, -0.25) is 9.69 Å². The molecule has 3 N–H and O–H groups in total. The van der Waals surface area contributed by atoms with E-state index in [0.29, 0.717) is 15.4 Å². The molecular formula is C21H21FN6OS. The van der Waals surface area contributed by atoms with Crippen LogP contribution in [0.15, 0.2) is 30.5 Å². The van der Waals surface area contributed by atoms with E-state index >= 15 is 0 Å². The number of amides is 1. The van der Waals surface area contributed by atoms with Crippen molar-refractivity contribution < 1.29 is 9.18 Å². The van der Waals surface area contributed by atoms with E-state index in [0.717, 1.165) is 44.2 Å². The summed E-state index contributed by atoms with van der Waals surface area (Å²) in [5, 5.41) is 6.62. The van der Waals surface area contributed by atoms with Crippen LogP contribution in [0.4, 0.5) is 4.39 Å². The molecule has 1 amide bonds. The fourth-order valence-corrected chi connectivity index (χ4v) is 4.27. The number of terminal acetylenes is 1. The van der Waals surface area contributed by atoms with Gasteiger partial charge in [0.1, 0.15) is 22.3 Å². The number of H-pyrrole nitrogens is 1.